The van der Waals surface area contributed by atoms with Gasteiger partial charge < -0.3 is 15.4 Å². The first-order chi connectivity index (χ1) is 10.2. The Hall–Kier alpha value is -0.970. The summed E-state index contributed by atoms with van der Waals surface area (Å²) in [5.41, 5.74) is 1.03. The maximum Gasteiger partial charge on any atom is 0.237 e. The number of benzene rings is 1. The lowest BCUT2D eigenvalue weighted by Gasteiger charge is -2.22. The molecule has 1 amide bonds. The van der Waals surface area contributed by atoms with Crippen molar-refractivity contribution in [2.45, 2.75) is 38.6 Å². The van der Waals surface area contributed by atoms with Crippen molar-refractivity contribution in [2.75, 3.05) is 19.7 Å². The van der Waals surface area contributed by atoms with E-state index in [1.165, 1.54) is 0 Å². The van der Waals surface area contributed by atoms with E-state index in [4.69, 9.17) is 16.3 Å². The van der Waals surface area contributed by atoms with Crippen LogP contribution in [0.5, 0.6) is 5.75 Å². The monoisotopic (exact) mass is 346 g/mol. The molecule has 124 valence electrons. The third-order valence-corrected chi connectivity index (χ3v) is 3.88. The second-order valence-electron chi connectivity index (χ2n) is 5.41. The number of amides is 1. The number of piperidine rings is 1. The van der Waals surface area contributed by atoms with Crippen LogP contribution in [0.25, 0.3) is 0 Å². The molecule has 0 spiro atoms. The minimum atomic E-state index is -0.0156. The summed E-state index contributed by atoms with van der Waals surface area (Å²) in [4.78, 5) is 11.9. The van der Waals surface area contributed by atoms with Crippen molar-refractivity contribution in [3.8, 4) is 5.75 Å². The van der Waals surface area contributed by atoms with Crippen LogP contribution in [0, 0.1) is 6.92 Å². The average molecular weight is 347 g/mol. The van der Waals surface area contributed by atoms with Crippen molar-refractivity contribution in [3.05, 3.63) is 28.8 Å². The Bertz CT molecular complexity index is 477. The van der Waals surface area contributed by atoms with Gasteiger partial charge in [-0.25, -0.2) is 0 Å². The summed E-state index contributed by atoms with van der Waals surface area (Å²) in [6, 6.07) is 5.56. The first-order valence-electron chi connectivity index (χ1n) is 7.57. The third kappa shape index (κ3) is 6.03. The second kappa shape index (κ2) is 9.93. The third-order valence-electron chi connectivity index (χ3n) is 3.64. The Morgan fingerprint density at radius 3 is 2.95 bits per heavy atom. The van der Waals surface area contributed by atoms with Crippen molar-refractivity contribution in [1.82, 2.24) is 10.6 Å². The molecule has 1 heterocycles. The predicted molar refractivity (Wildman–Crippen MR) is 92.2 cm³/mol. The number of nitrogens with one attached hydrogen (secondary N) is 2. The van der Waals surface area contributed by atoms with Gasteiger partial charge in [-0.15, -0.1) is 12.4 Å². The fourth-order valence-corrected chi connectivity index (χ4v) is 2.67. The number of rotatable bonds is 6. The molecule has 0 aromatic heterocycles. The number of carbonyl (C=O) groups is 1. The topological polar surface area (TPSA) is 50.4 Å². The number of hydrogen-bond donors (Lipinski definition) is 2. The van der Waals surface area contributed by atoms with Crippen LogP contribution in [0.3, 0.4) is 0 Å². The Labute approximate surface area is 143 Å². The molecule has 1 aromatic carbocycles. The molecule has 0 radical (unpaired) electrons. The molecule has 1 unspecified atom stereocenters. The summed E-state index contributed by atoms with van der Waals surface area (Å²) in [5, 5.41) is 6.92. The number of ether oxygens (including phenoxy) is 1. The van der Waals surface area contributed by atoms with Crippen LogP contribution in [0.1, 0.15) is 31.2 Å². The van der Waals surface area contributed by atoms with E-state index < -0.39 is 0 Å². The Kier molecular flexibility index (Phi) is 8.61. The molecule has 2 rings (SSSR count). The lowest BCUT2D eigenvalue weighted by atomic mass is 10.0. The van der Waals surface area contributed by atoms with Crippen LogP contribution in [0.2, 0.25) is 5.02 Å². The zero-order chi connectivity index (χ0) is 15.1. The molecule has 0 bridgehead atoms. The molecule has 1 saturated heterocycles. The van der Waals surface area contributed by atoms with Crippen LogP contribution in [0.15, 0.2) is 18.2 Å². The average Bonchev–Trinajstić information content (AvgIpc) is 2.49. The Morgan fingerprint density at radius 2 is 2.27 bits per heavy atom. The molecule has 0 aliphatic carbocycles. The van der Waals surface area contributed by atoms with E-state index in [0.717, 1.165) is 43.5 Å². The standard InChI is InChI=1S/C16H23ClN2O2.ClH/c1-12-11-13(17)6-7-15(12)21-10-4-9-19-16(20)14-5-2-3-8-18-14;/h6-7,11,14,18H,2-5,8-10H2,1H3,(H,19,20);1H. The fraction of sp³-hybridized carbons (Fsp3) is 0.562. The van der Waals surface area contributed by atoms with Crippen molar-refractivity contribution in [2.24, 2.45) is 0 Å². The molecule has 1 atom stereocenters. The highest BCUT2D eigenvalue weighted by Gasteiger charge is 2.19. The molecule has 0 saturated carbocycles. The van der Waals surface area contributed by atoms with Gasteiger partial charge in [0.05, 0.1) is 12.6 Å². The molecule has 4 nitrogen and oxygen atoms in total. The molecular formula is C16H24Cl2N2O2. The van der Waals surface area contributed by atoms with E-state index in [9.17, 15) is 4.79 Å². The molecule has 6 heteroatoms. The van der Waals surface area contributed by atoms with Crippen molar-refractivity contribution in [1.29, 1.82) is 0 Å². The van der Waals surface area contributed by atoms with E-state index in [1.54, 1.807) is 0 Å². The number of carbonyl (C=O) groups excluding carboxylic acids is 1. The maximum absolute atomic E-state index is 11.9. The predicted octanol–water partition coefficient (Wildman–Crippen LogP) is 3.10. The van der Waals surface area contributed by atoms with Crippen molar-refractivity contribution < 1.29 is 9.53 Å². The van der Waals surface area contributed by atoms with Gasteiger partial charge in [-0.3, -0.25) is 4.79 Å². The smallest absolute Gasteiger partial charge is 0.237 e. The highest BCUT2D eigenvalue weighted by molar-refractivity contribution is 6.30. The lowest BCUT2D eigenvalue weighted by Crippen LogP contribution is -2.46. The van der Waals surface area contributed by atoms with Gasteiger partial charge in [0.2, 0.25) is 5.91 Å². The normalized spacial score (nSPS) is 17.5. The van der Waals surface area contributed by atoms with Crippen LogP contribution >= 0.6 is 24.0 Å². The van der Waals surface area contributed by atoms with Gasteiger partial charge >= 0.3 is 0 Å². The molecular weight excluding hydrogens is 323 g/mol. The molecule has 22 heavy (non-hydrogen) atoms. The van der Waals surface area contributed by atoms with E-state index in [2.05, 4.69) is 10.6 Å². The Morgan fingerprint density at radius 1 is 1.45 bits per heavy atom. The summed E-state index contributed by atoms with van der Waals surface area (Å²) in [6.07, 6.45) is 4.02. The molecule has 1 aliphatic rings. The second-order valence-corrected chi connectivity index (χ2v) is 5.84. The molecule has 1 fully saturated rings. The van der Waals surface area contributed by atoms with Crippen LogP contribution in [-0.2, 0) is 4.79 Å². The summed E-state index contributed by atoms with van der Waals surface area (Å²) in [6.45, 7) is 4.14. The summed E-state index contributed by atoms with van der Waals surface area (Å²) in [5.74, 6) is 0.956. The lowest BCUT2D eigenvalue weighted by molar-refractivity contribution is -0.123. The summed E-state index contributed by atoms with van der Waals surface area (Å²) < 4.78 is 5.69. The quantitative estimate of drug-likeness (QED) is 0.778. The zero-order valence-electron chi connectivity index (χ0n) is 12.9. The molecule has 2 N–H and O–H groups in total. The van der Waals surface area contributed by atoms with Gasteiger partial charge in [0, 0.05) is 11.6 Å². The number of hydrogen-bond acceptors (Lipinski definition) is 3. The Balaban J connectivity index is 0.00000242. The highest BCUT2D eigenvalue weighted by Crippen LogP contribution is 2.21. The first kappa shape index (κ1) is 19.1. The number of aryl methyl sites for hydroxylation is 1. The first-order valence-corrected chi connectivity index (χ1v) is 7.94. The van der Waals surface area contributed by atoms with Crippen molar-refractivity contribution in [3.63, 3.8) is 0 Å². The van der Waals surface area contributed by atoms with E-state index in [0.29, 0.717) is 18.2 Å². The van der Waals surface area contributed by atoms with Gasteiger partial charge in [-0.1, -0.05) is 18.0 Å². The summed E-state index contributed by atoms with van der Waals surface area (Å²) >= 11 is 5.90. The molecule has 1 aliphatic heterocycles. The highest BCUT2D eigenvalue weighted by atomic mass is 35.5. The van der Waals surface area contributed by atoms with E-state index in [-0.39, 0.29) is 24.4 Å². The van der Waals surface area contributed by atoms with Crippen molar-refractivity contribution >= 4 is 29.9 Å². The SMILES string of the molecule is Cc1cc(Cl)ccc1OCCCNC(=O)C1CCCCN1.Cl. The van der Waals surface area contributed by atoms with Gasteiger partial charge in [-0.05, 0) is 56.5 Å². The van der Waals surface area contributed by atoms with Gasteiger partial charge in [-0.2, -0.15) is 0 Å². The largest absolute Gasteiger partial charge is 0.493 e. The van der Waals surface area contributed by atoms with Crippen LogP contribution in [-0.4, -0.2) is 31.6 Å². The molecule has 1 aromatic rings. The van der Waals surface area contributed by atoms with Gasteiger partial charge in [0.15, 0.2) is 0 Å². The van der Waals surface area contributed by atoms with E-state index >= 15 is 0 Å². The zero-order valence-corrected chi connectivity index (χ0v) is 14.4. The van der Waals surface area contributed by atoms with Gasteiger partial charge in [0.25, 0.3) is 0 Å². The van der Waals surface area contributed by atoms with Crippen LogP contribution < -0.4 is 15.4 Å². The van der Waals surface area contributed by atoms with Gasteiger partial charge in [0.1, 0.15) is 5.75 Å². The number of halogens is 2. The minimum absolute atomic E-state index is 0. The summed E-state index contributed by atoms with van der Waals surface area (Å²) in [7, 11) is 0. The fourth-order valence-electron chi connectivity index (χ4n) is 2.44. The van der Waals surface area contributed by atoms with E-state index in [1.807, 2.05) is 25.1 Å². The minimum Gasteiger partial charge on any atom is -0.493 e. The van der Waals surface area contributed by atoms with Crippen LogP contribution in [0.4, 0.5) is 0 Å². The maximum atomic E-state index is 11.9.